The molecule has 0 N–H and O–H groups in total. The molecule has 0 spiro atoms. The first kappa shape index (κ1) is 20.1. The van der Waals surface area contributed by atoms with Gasteiger partial charge < -0.3 is 0 Å². The lowest BCUT2D eigenvalue weighted by atomic mass is 9.99. The Balaban J connectivity index is 2.11. The van der Waals surface area contributed by atoms with E-state index in [9.17, 15) is 0 Å². The normalized spacial score (nSPS) is 12.2. The van der Waals surface area contributed by atoms with Crippen molar-refractivity contribution in [3.63, 3.8) is 0 Å². The van der Waals surface area contributed by atoms with Gasteiger partial charge in [-0.15, -0.1) is 22.7 Å². The molecule has 0 bridgehead atoms. The van der Waals surface area contributed by atoms with Crippen LogP contribution in [0.25, 0.3) is 15.3 Å². The van der Waals surface area contributed by atoms with Crippen LogP contribution in [-0.4, -0.2) is 0 Å². The van der Waals surface area contributed by atoms with Crippen LogP contribution in [0.3, 0.4) is 0 Å². The Hall–Kier alpha value is -1.64. The van der Waals surface area contributed by atoms with Crippen molar-refractivity contribution in [3.05, 3.63) is 74.5 Å². The first-order valence-electron chi connectivity index (χ1n) is 9.97. The lowest BCUT2D eigenvalue weighted by Gasteiger charge is -2.08. The summed E-state index contributed by atoms with van der Waals surface area (Å²) in [5.41, 5.74) is 6.95. The molecule has 0 aliphatic rings. The maximum absolute atomic E-state index is 2.44. The van der Waals surface area contributed by atoms with E-state index >= 15 is 0 Å². The predicted molar refractivity (Wildman–Crippen MR) is 124 cm³/mol. The van der Waals surface area contributed by atoms with Crippen LogP contribution >= 0.6 is 22.7 Å². The Bertz CT molecular complexity index is 933. The highest BCUT2D eigenvalue weighted by Gasteiger charge is 2.19. The third kappa shape index (κ3) is 4.12. The van der Waals surface area contributed by atoms with E-state index < -0.39 is 0 Å². The first-order valence-corrected chi connectivity index (χ1v) is 11.6. The van der Waals surface area contributed by atoms with Gasteiger partial charge >= 0.3 is 0 Å². The summed E-state index contributed by atoms with van der Waals surface area (Å²) in [4.78, 5) is 5.83. The number of thiophene rings is 2. The Morgan fingerprint density at radius 3 is 2.26 bits per heavy atom. The average Bonchev–Trinajstić information content (AvgIpc) is 3.28. The Kier molecular flexibility index (Phi) is 6.39. The monoisotopic (exact) mass is 394 g/mol. The summed E-state index contributed by atoms with van der Waals surface area (Å²) in [6, 6.07) is 13.8. The molecule has 0 saturated carbocycles. The molecule has 0 nitrogen and oxygen atoms in total. The highest BCUT2D eigenvalue weighted by atomic mass is 32.1. The van der Waals surface area contributed by atoms with Crippen LogP contribution in [-0.2, 0) is 12.8 Å². The average molecular weight is 395 g/mol. The van der Waals surface area contributed by atoms with E-state index in [4.69, 9.17) is 0 Å². The minimum Gasteiger partial charge on any atom is -0.139 e. The van der Waals surface area contributed by atoms with Gasteiger partial charge in [0.25, 0.3) is 0 Å². The van der Waals surface area contributed by atoms with Crippen molar-refractivity contribution in [1.82, 2.24) is 0 Å². The molecular formula is C25H30S2. The molecule has 0 unspecified atom stereocenters. The van der Waals surface area contributed by atoms with Crippen molar-refractivity contribution < 1.29 is 0 Å². The third-order valence-electron chi connectivity index (χ3n) is 5.09. The number of hydrogen-bond donors (Lipinski definition) is 0. The Labute approximate surface area is 172 Å². The summed E-state index contributed by atoms with van der Waals surface area (Å²) in [5, 5.41) is 0. The van der Waals surface area contributed by atoms with Gasteiger partial charge in [-0.1, -0.05) is 63.6 Å². The third-order valence-corrected chi connectivity index (χ3v) is 7.78. The predicted octanol–water partition coefficient (Wildman–Crippen LogP) is 8.48. The second-order valence-electron chi connectivity index (χ2n) is 7.39. The van der Waals surface area contributed by atoms with Gasteiger partial charge in [0.2, 0.25) is 0 Å². The highest BCUT2D eigenvalue weighted by molar-refractivity contribution is 7.23. The quantitative estimate of drug-likeness (QED) is 0.393. The minimum absolute atomic E-state index is 0.561. The fourth-order valence-electron chi connectivity index (χ4n) is 3.45. The number of aryl methyl sites for hydroxylation is 3. The van der Waals surface area contributed by atoms with Crippen molar-refractivity contribution >= 4 is 28.2 Å². The Morgan fingerprint density at radius 1 is 1.00 bits per heavy atom. The molecule has 0 fully saturated rings. The molecule has 142 valence electrons. The van der Waals surface area contributed by atoms with Gasteiger partial charge in [0.15, 0.2) is 0 Å². The van der Waals surface area contributed by atoms with Crippen molar-refractivity contribution in [2.45, 2.75) is 60.3 Å². The number of hydrogen-bond acceptors (Lipinski definition) is 2. The molecule has 0 radical (unpaired) electrons. The van der Waals surface area contributed by atoms with Crippen molar-refractivity contribution in [2.75, 3.05) is 0 Å². The molecule has 0 amide bonds. The molecule has 3 aromatic rings. The summed E-state index contributed by atoms with van der Waals surface area (Å²) in [6.45, 7) is 13.5. The fraction of sp³-hybridized carbons (Fsp3) is 0.360. The summed E-state index contributed by atoms with van der Waals surface area (Å²) >= 11 is 3.95. The molecular weight excluding hydrogens is 364 g/mol. The number of allylic oxidation sites excluding steroid dienone is 1. The Morgan fingerprint density at radius 2 is 1.70 bits per heavy atom. The number of rotatable bonds is 6. The molecule has 1 aromatic carbocycles. The van der Waals surface area contributed by atoms with E-state index in [-0.39, 0.29) is 0 Å². The lowest BCUT2D eigenvalue weighted by Crippen LogP contribution is -1.89. The van der Waals surface area contributed by atoms with Crippen molar-refractivity contribution in [3.8, 4) is 9.75 Å². The van der Waals surface area contributed by atoms with Crippen LogP contribution in [0.5, 0.6) is 0 Å². The van der Waals surface area contributed by atoms with E-state index in [0.29, 0.717) is 5.92 Å². The van der Waals surface area contributed by atoms with E-state index in [1.807, 2.05) is 22.7 Å². The molecule has 2 aromatic heterocycles. The van der Waals surface area contributed by atoms with Gasteiger partial charge in [-0.25, -0.2) is 0 Å². The van der Waals surface area contributed by atoms with Crippen LogP contribution < -0.4 is 0 Å². The molecule has 2 heteroatoms. The van der Waals surface area contributed by atoms with E-state index in [1.165, 1.54) is 47.3 Å². The molecule has 0 aliphatic heterocycles. The van der Waals surface area contributed by atoms with Gasteiger partial charge in [-0.2, -0.15) is 0 Å². The molecule has 0 atom stereocenters. The summed E-state index contributed by atoms with van der Waals surface area (Å²) in [5.74, 6) is 0.561. The second kappa shape index (κ2) is 8.58. The highest BCUT2D eigenvalue weighted by Crippen LogP contribution is 2.44. The zero-order valence-corrected chi connectivity index (χ0v) is 19.0. The standard InChI is InChI=1S/C25H30S2/c1-7-18-14-23(25-22(16(4)5)15-20(8-2)26-25)27-24(18)21(9-3)19-12-10-17(6)11-13-19/h9-16H,7-8H2,1-6H3/b21-9+. The van der Waals surface area contributed by atoms with Crippen LogP contribution in [0.2, 0.25) is 0 Å². The van der Waals surface area contributed by atoms with Gasteiger partial charge in [-0.05, 0) is 67.0 Å². The topological polar surface area (TPSA) is 0 Å². The second-order valence-corrected chi connectivity index (χ2v) is 9.58. The maximum atomic E-state index is 2.44. The minimum atomic E-state index is 0.561. The van der Waals surface area contributed by atoms with Gasteiger partial charge in [0.1, 0.15) is 0 Å². The van der Waals surface area contributed by atoms with Crippen LogP contribution in [0.1, 0.15) is 72.5 Å². The molecule has 0 aliphatic carbocycles. The van der Waals surface area contributed by atoms with Crippen LogP contribution in [0.15, 0.2) is 42.5 Å². The van der Waals surface area contributed by atoms with Crippen molar-refractivity contribution in [1.29, 1.82) is 0 Å². The zero-order valence-electron chi connectivity index (χ0n) is 17.3. The summed E-state index contributed by atoms with van der Waals surface area (Å²) in [6.07, 6.45) is 4.46. The van der Waals surface area contributed by atoms with Crippen molar-refractivity contribution in [2.24, 2.45) is 0 Å². The zero-order chi connectivity index (χ0) is 19.6. The summed E-state index contributed by atoms with van der Waals surface area (Å²) < 4.78 is 0. The molecule has 2 heterocycles. The SMILES string of the molecule is C/C=C(\c1ccc(C)cc1)c1sc(-c2sc(CC)cc2C(C)C)cc1CC. The fourth-order valence-corrected chi connectivity index (χ4v) is 6.17. The lowest BCUT2D eigenvalue weighted by molar-refractivity contribution is 0.872. The van der Waals surface area contributed by atoms with Crippen LogP contribution in [0.4, 0.5) is 0 Å². The first-order chi connectivity index (χ1) is 13.0. The van der Waals surface area contributed by atoms with E-state index in [0.717, 1.165) is 12.8 Å². The molecule has 3 rings (SSSR count). The smallest absolute Gasteiger partial charge is 0.0480 e. The summed E-state index contributed by atoms with van der Waals surface area (Å²) in [7, 11) is 0. The molecule has 0 saturated heterocycles. The van der Waals surface area contributed by atoms with Gasteiger partial charge in [-0.3, -0.25) is 0 Å². The largest absolute Gasteiger partial charge is 0.139 e. The van der Waals surface area contributed by atoms with Gasteiger partial charge in [0, 0.05) is 19.5 Å². The van der Waals surface area contributed by atoms with Crippen LogP contribution in [0, 0.1) is 6.92 Å². The maximum Gasteiger partial charge on any atom is 0.0480 e. The number of benzene rings is 1. The molecule has 27 heavy (non-hydrogen) atoms. The van der Waals surface area contributed by atoms with E-state index in [2.05, 4.69) is 84.0 Å². The van der Waals surface area contributed by atoms with E-state index in [1.54, 1.807) is 0 Å². The van der Waals surface area contributed by atoms with Gasteiger partial charge in [0.05, 0.1) is 0 Å².